The van der Waals surface area contributed by atoms with Crippen LogP contribution in [0.4, 0.5) is 0 Å². The molecule has 0 fully saturated rings. The molecular formula is C21H22Cl2N8S. The molecule has 0 aliphatic carbocycles. The van der Waals surface area contributed by atoms with Gasteiger partial charge in [-0.15, -0.1) is 5.10 Å². The molecule has 0 bridgehead atoms. The first-order chi connectivity index (χ1) is 15.6. The lowest BCUT2D eigenvalue weighted by molar-refractivity contribution is 0.576. The van der Waals surface area contributed by atoms with Gasteiger partial charge >= 0.3 is 0 Å². The number of thioether (sulfide) groups is 1. The van der Waals surface area contributed by atoms with Crippen molar-refractivity contribution in [1.82, 2.24) is 40.5 Å². The lowest BCUT2D eigenvalue weighted by Crippen LogP contribution is -2.16. The second-order valence-corrected chi connectivity index (χ2v) is 9.00. The first-order valence-corrected chi connectivity index (χ1v) is 11.8. The summed E-state index contributed by atoms with van der Waals surface area (Å²) in [5.41, 5.74) is 3.71. The van der Waals surface area contributed by atoms with Gasteiger partial charge in [-0.2, -0.15) is 15.0 Å². The number of hydrogen-bond donors (Lipinski definition) is 1. The van der Waals surface area contributed by atoms with Gasteiger partial charge in [0.2, 0.25) is 5.16 Å². The minimum absolute atomic E-state index is 0.470. The van der Waals surface area contributed by atoms with Crippen LogP contribution in [0.25, 0.3) is 11.3 Å². The van der Waals surface area contributed by atoms with Gasteiger partial charge in [0.1, 0.15) is 11.4 Å². The van der Waals surface area contributed by atoms with Crippen LogP contribution < -0.4 is 5.32 Å². The van der Waals surface area contributed by atoms with E-state index in [1.54, 1.807) is 27.3 Å². The van der Waals surface area contributed by atoms with Crippen molar-refractivity contribution in [2.24, 2.45) is 7.05 Å². The van der Waals surface area contributed by atoms with Crippen LogP contribution in [0, 0.1) is 0 Å². The predicted molar refractivity (Wildman–Crippen MR) is 127 cm³/mol. The number of benzene rings is 2. The van der Waals surface area contributed by atoms with Crippen molar-refractivity contribution in [2.75, 3.05) is 12.3 Å². The SMILES string of the molecule is Cn1nnnc1SCCCNCc1nn(Cc2ccc(Cl)cc2Cl)nc1-c1ccccc1. The van der Waals surface area contributed by atoms with Crippen LogP contribution >= 0.6 is 35.0 Å². The van der Waals surface area contributed by atoms with Gasteiger partial charge < -0.3 is 5.32 Å². The summed E-state index contributed by atoms with van der Waals surface area (Å²) in [5.74, 6) is 0.925. The van der Waals surface area contributed by atoms with E-state index in [0.717, 1.165) is 46.4 Å². The molecule has 0 unspecified atom stereocenters. The Hall–Kier alpha value is -2.46. The molecule has 11 heteroatoms. The fraction of sp³-hybridized carbons (Fsp3) is 0.286. The van der Waals surface area contributed by atoms with Crippen LogP contribution in [0.1, 0.15) is 17.7 Å². The highest BCUT2D eigenvalue weighted by Crippen LogP contribution is 2.24. The molecule has 0 radical (unpaired) electrons. The van der Waals surface area contributed by atoms with Crippen molar-refractivity contribution in [3.63, 3.8) is 0 Å². The number of rotatable bonds is 10. The molecule has 0 amide bonds. The van der Waals surface area contributed by atoms with Gasteiger partial charge in [0.25, 0.3) is 0 Å². The van der Waals surface area contributed by atoms with Gasteiger partial charge in [-0.1, -0.05) is 71.4 Å². The third-order valence-corrected chi connectivity index (χ3v) is 6.39. The highest BCUT2D eigenvalue weighted by atomic mass is 35.5. The number of aryl methyl sites for hydroxylation is 1. The quantitative estimate of drug-likeness (QED) is 0.265. The molecular weight excluding hydrogens is 467 g/mol. The third-order valence-electron chi connectivity index (χ3n) is 4.70. The Labute approximate surface area is 200 Å². The van der Waals surface area contributed by atoms with E-state index < -0.39 is 0 Å². The zero-order valence-corrected chi connectivity index (χ0v) is 19.8. The molecule has 2 heterocycles. The first kappa shape index (κ1) is 22.7. The van der Waals surface area contributed by atoms with Crippen LogP contribution in [-0.2, 0) is 20.1 Å². The lowest BCUT2D eigenvalue weighted by Gasteiger charge is -2.04. The minimum Gasteiger partial charge on any atom is -0.311 e. The molecule has 0 aliphatic rings. The van der Waals surface area contributed by atoms with Crippen LogP contribution in [-0.4, -0.2) is 47.5 Å². The Morgan fingerprint density at radius 3 is 2.66 bits per heavy atom. The maximum absolute atomic E-state index is 6.34. The van der Waals surface area contributed by atoms with Gasteiger partial charge in [0.15, 0.2) is 0 Å². The molecule has 32 heavy (non-hydrogen) atoms. The van der Waals surface area contributed by atoms with E-state index in [-0.39, 0.29) is 0 Å². The standard InChI is InChI=1S/C21H22Cl2N8S/c1-30-21(25-28-29-30)32-11-5-10-24-13-19-20(15-6-3-2-4-7-15)27-31(26-19)14-16-8-9-17(22)12-18(16)23/h2-4,6-9,12,24H,5,10-11,13-14H2,1H3. The zero-order chi connectivity index (χ0) is 22.3. The molecule has 8 nitrogen and oxygen atoms in total. The number of aromatic nitrogens is 7. The highest BCUT2D eigenvalue weighted by Gasteiger charge is 2.14. The molecule has 0 aliphatic heterocycles. The van der Waals surface area contributed by atoms with Crippen molar-refractivity contribution >= 4 is 35.0 Å². The van der Waals surface area contributed by atoms with E-state index in [4.69, 9.17) is 33.4 Å². The van der Waals surface area contributed by atoms with Crippen LogP contribution in [0.2, 0.25) is 10.0 Å². The van der Waals surface area contributed by atoms with Crippen LogP contribution in [0.5, 0.6) is 0 Å². The average Bonchev–Trinajstić information content (AvgIpc) is 3.39. The molecule has 4 aromatic rings. The summed E-state index contributed by atoms with van der Waals surface area (Å²) >= 11 is 14.0. The summed E-state index contributed by atoms with van der Waals surface area (Å²) in [6, 6.07) is 15.5. The van der Waals surface area contributed by atoms with Gasteiger partial charge in [-0.3, -0.25) is 0 Å². The molecule has 1 N–H and O–H groups in total. The summed E-state index contributed by atoms with van der Waals surface area (Å²) < 4.78 is 1.68. The van der Waals surface area contributed by atoms with E-state index in [1.165, 1.54) is 0 Å². The number of hydrogen-bond acceptors (Lipinski definition) is 7. The van der Waals surface area contributed by atoms with E-state index in [1.807, 2.05) is 49.5 Å². The van der Waals surface area contributed by atoms with E-state index >= 15 is 0 Å². The lowest BCUT2D eigenvalue weighted by atomic mass is 10.1. The zero-order valence-electron chi connectivity index (χ0n) is 17.4. The van der Waals surface area contributed by atoms with Crippen LogP contribution in [0.15, 0.2) is 53.7 Å². The Balaban J connectivity index is 1.40. The number of nitrogens with zero attached hydrogens (tertiary/aromatic N) is 7. The summed E-state index contributed by atoms with van der Waals surface area (Å²) in [5, 5.41) is 26.4. The molecule has 0 saturated carbocycles. The Kier molecular flexibility index (Phi) is 7.75. The topological polar surface area (TPSA) is 86.3 Å². The molecule has 2 aromatic carbocycles. The molecule has 0 saturated heterocycles. The van der Waals surface area contributed by atoms with Crippen molar-refractivity contribution < 1.29 is 0 Å². The fourth-order valence-electron chi connectivity index (χ4n) is 3.11. The predicted octanol–water partition coefficient (Wildman–Crippen LogP) is 4.10. The van der Waals surface area contributed by atoms with Gasteiger partial charge in [-0.05, 0) is 41.1 Å². The summed E-state index contributed by atoms with van der Waals surface area (Å²) in [4.78, 5) is 1.69. The molecule has 4 rings (SSSR count). The van der Waals surface area contributed by atoms with Gasteiger partial charge in [-0.25, -0.2) is 4.68 Å². The largest absolute Gasteiger partial charge is 0.311 e. The third kappa shape index (κ3) is 5.86. The summed E-state index contributed by atoms with van der Waals surface area (Å²) in [6.45, 7) is 1.94. The number of halogens is 2. The Morgan fingerprint density at radius 1 is 1.06 bits per heavy atom. The number of tetrazole rings is 1. The van der Waals surface area contributed by atoms with E-state index in [2.05, 4.69) is 20.8 Å². The van der Waals surface area contributed by atoms with Crippen molar-refractivity contribution in [1.29, 1.82) is 0 Å². The van der Waals surface area contributed by atoms with Gasteiger partial charge in [0.05, 0.1) is 6.54 Å². The maximum atomic E-state index is 6.34. The highest BCUT2D eigenvalue weighted by molar-refractivity contribution is 7.99. The van der Waals surface area contributed by atoms with Crippen LogP contribution in [0.3, 0.4) is 0 Å². The number of nitrogens with one attached hydrogen (secondary N) is 1. The Morgan fingerprint density at radius 2 is 1.91 bits per heavy atom. The van der Waals surface area contributed by atoms with E-state index in [9.17, 15) is 0 Å². The van der Waals surface area contributed by atoms with Gasteiger partial charge in [0, 0.05) is 35.0 Å². The van der Waals surface area contributed by atoms with Crippen molar-refractivity contribution in [3.05, 3.63) is 69.8 Å². The normalized spacial score (nSPS) is 11.2. The summed E-state index contributed by atoms with van der Waals surface area (Å²) in [6.07, 6.45) is 0.979. The monoisotopic (exact) mass is 488 g/mol. The fourth-order valence-corrected chi connectivity index (χ4v) is 4.36. The smallest absolute Gasteiger partial charge is 0.209 e. The average molecular weight is 489 g/mol. The molecule has 166 valence electrons. The van der Waals surface area contributed by atoms with E-state index in [0.29, 0.717) is 23.1 Å². The Bertz CT molecular complexity index is 1160. The second-order valence-electron chi connectivity index (χ2n) is 7.09. The summed E-state index contributed by atoms with van der Waals surface area (Å²) in [7, 11) is 1.84. The second kappa shape index (κ2) is 10.9. The minimum atomic E-state index is 0.470. The molecule has 0 spiro atoms. The molecule has 0 atom stereocenters. The molecule has 2 aromatic heterocycles. The maximum Gasteiger partial charge on any atom is 0.209 e. The van der Waals surface area contributed by atoms with Crippen molar-refractivity contribution in [2.45, 2.75) is 24.7 Å². The first-order valence-electron chi connectivity index (χ1n) is 10.1. The van der Waals surface area contributed by atoms with Crippen molar-refractivity contribution in [3.8, 4) is 11.3 Å².